The first-order valence-corrected chi connectivity index (χ1v) is 11.0. The van der Waals surface area contributed by atoms with E-state index in [-0.39, 0.29) is 18.4 Å². The minimum Gasteiger partial charge on any atom is -0.497 e. The van der Waals surface area contributed by atoms with Gasteiger partial charge in [0.15, 0.2) is 0 Å². The van der Waals surface area contributed by atoms with Gasteiger partial charge in [-0.25, -0.2) is 0 Å². The molecule has 0 saturated carbocycles. The average Bonchev–Trinajstić information content (AvgIpc) is 3.24. The smallest absolute Gasteiger partial charge is 0.225 e. The van der Waals surface area contributed by atoms with Crippen molar-refractivity contribution in [3.63, 3.8) is 0 Å². The van der Waals surface area contributed by atoms with E-state index in [9.17, 15) is 4.79 Å². The maximum Gasteiger partial charge on any atom is 0.225 e. The molecule has 4 aromatic rings. The fraction of sp³-hybridized carbons (Fsp3) is 0.222. The number of aromatic amines is 1. The average molecular weight is 427 g/mol. The van der Waals surface area contributed by atoms with Gasteiger partial charge in [0.2, 0.25) is 5.91 Å². The van der Waals surface area contributed by atoms with Crippen molar-refractivity contribution in [2.24, 2.45) is 0 Å². The molecule has 0 radical (unpaired) electrons. The SMILES string of the molecule is COc1ccc2[nH]cc(CC(=O)NC(c3ccccc3)c3ccc4c(c3)CCCO4)c2c1. The molecule has 5 rings (SSSR count). The van der Waals surface area contributed by atoms with Crippen molar-refractivity contribution in [1.29, 1.82) is 0 Å². The van der Waals surface area contributed by atoms with Gasteiger partial charge < -0.3 is 19.8 Å². The lowest BCUT2D eigenvalue weighted by Crippen LogP contribution is -2.30. The lowest BCUT2D eigenvalue weighted by molar-refractivity contribution is -0.120. The van der Waals surface area contributed by atoms with Crippen LogP contribution in [0, 0.1) is 0 Å². The monoisotopic (exact) mass is 426 g/mol. The molecule has 1 unspecified atom stereocenters. The predicted octanol–water partition coefficient (Wildman–Crippen LogP) is 4.95. The number of H-pyrrole nitrogens is 1. The van der Waals surface area contributed by atoms with Gasteiger partial charge in [-0.2, -0.15) is 0 Å². The lowest BCUT2D eigenvalue weighted by Gasteiger charge is -2.23. The van der Waals surface area contributed by atoms with Crippen LogP contribution in [0.5, 0.6) is 11.5 Å². The van der Waals surface area contributed by atoms with Crippen LogP contribution in [-0.2, 0) is 17.6 Å². The second-order valence-electron chi connectivity index (χ2n) is 8.13. The zero-order valence-corrected chi connectivity index (χ0v) is 18.1. The van der Waals surface area contributed by atoms with Gasteiger partial charge in [-0.15, -0.1) is 0 Å². The Labute approximate surface area is 187 Å². The first kappa shape index (κ1) is 20.2. The number of amides is 1. The van der Waals surface area contributed by atoms with E-state index in [2.05, 4.69) is 34.6 Å². The van der Waals surface area contributed by atoms with Gasteiger partial charge in [0, 0.05) is 17.1 Å². The van der Waals surface area contributed by atoms with E-state index in [0.717, 1.165) is 58.5 Å². The Kier molecular flexibility index (Phi) is 5.55. The highest BCUT2D eigenvalue weighted by Crippen LogP contribution is 2.31. The summed E-state index contributed by atoms with van der Waals surface area (Å²) >= 11 is 0. The molecule has 1 aliphatic rings. The Morgan fingerprint density at radius 3 is 2.81 bits per heavy atom. The molecule has 1 aliphatic heterocycles. The number of hydrogen-bond acceptors (Lipinski definition) is 3. The highest BCUT2D eigenvalue weighted by atomic mass is 16.5. The van der Waals surface area contributed by atoms with Crippen LogP contribution in [0.4, 0.5) is 0 Å². The Morgan fingerprint density at radius 1 is 1.09 bits per heavy atom. The molecule has 32 heavy (non-hydrogen) atoms. The molecule has 2 heterocycles. The van der Waals surface area contributed by atoms with Gasteiger partial charge in [0.1, 0.15) is 11.5 Å². The second-order valence-corrected chi connectivity index (χ2v) is 8.13. The van der Waals surface area contributed by atoms with Crippen LogP contribution in [0.3, 0.4) is 0 Å². The van der Waals surface area contributed by atoms with Gasteiger partial charge in [-0.3, -0.25) is 4.79 Å². The summed E-state index contributed by atoms with van der Waals surface area (Å²) in [5, 5.41) is 4.26. The van der Waals surface area contributed by atoms with E-state index in [1.165, 1.54) is 5.56 Å². The largest absolute Gasteiger partial charge is 0.497 e. The molecule has 1 amide bonds. The molecule has 0 saturated heterocycles. The molecule has 5 heteroatoms. The van der Waals surface area contributed by atoms with Gasteiger partial charge in [0.25, 0.3) is 0 Å². The summed E-state index contributed by atoms with van der Waals surface area (Å²) in [4.78, 5) is 16.4. The molecule has 0 aliphatic carbocycles. The third kappa shape index (κ3) is 4.06. The number of aryl methyl sites for hydroxylation is 1. The van der Waals surface area contributed by atoms with Crippen molar-refractivity contribution >= 4 is 16.8 Å². The molecule has 1 aromatic heterocycles. The van der Waals surface area contributed by atoms with Crippen LogP contribution in [0.2, 0.25) is 0 Å². The van der Waals surface area contributed by atoms with Crippen LogP contribution in [0.15, 0.2) is 72.9 Å². The number of benzene rings is 3. The fourth-order valence-corrected chi connectivity index (χ4v) is 4.38. The molecule has 1 atom stereocenters. The number of fused-ring (bicyclic) bond motifs is 2. The van der Waals surface area contributed by atoms with Crippen LogP contribution in [0.25, 0.3) is 10.9 Å². The van der Waals surface area contributed by atoms with E-state index in [4.69, 9.17) is 9.47 Å². The highest BCUT2D eigenvalue weighted by Gasteiger charge is 2.20. The quantitative estimate of drug-likeness (QED) is 0.459. The number of carbonyl (C=O) groups is 1. The topological polar surface area (TPSA) is 63.4 Å². The first-order chi connectivity index (χ1) is 15.7. The van der Waals surface area contributed by atoms with Crippen molar-refractivity contribution in [2.45, 2.75) is 25.3 Å². The molecular formula is C27H26N2O3. The first-order valence-electron chi connectivity index (χ1n) is 11.0. The van der Waals surface area contributed by atoms with E-state index in [1.807, 2.05) is 48.7 Å². The van der Waals surface area contributed by atoms with Gasteiger partial charge >= 0.3 is 0 Å². The summed E-state index contributed by atoms with van der Waals surface area (Å²) in [5.41, 5.74) is 5.25. The third-order valence-electron chi connectivity index (χ3n) is 6.03. The number of rotatable bonds is 6. The summed E-state index contributed by atoms with van der Waals surface area (Å²) in [6.07, 6.45) is 4.20. The summed E-state index contributed by atoms with van der Waals surface area (Å²) in [5.74, 6) is 1.69. The van der Waals surface area contributed by atoms with Crippen molar-refractivity contribution in [2.75, 3.05) is 13.7 Å². The molecule has 5 nitrogen and oxygen atoms in total. The van der Waals surface area contributed by atoms with Crippen molar-refractivity contribution in [1.82, 2.24) is 10.3 Å². The summed E-state index contributed by atoms with van der Waals surface area (Å²) < 4.78 is 11.1. The number of methoxy groups -OCH3 is 1. The zero-order valence-electron chi connectivity index (χ0n) is 18.1. The minimum atomic E-state index is -0.226. The van der Waals surface area contributed by atoms with Crippen molar-refractivity contribution < 1.29 is 14.3 Å². The Morgan fingerprint density at radius 2 is 1.97 bits per heavy atom. The standard InChI is InChI=1S/C27H26N2O3/c1-31-22-10-11-24-23(16-22)21(17-28-24)15-26(30)29-27(18-6-3-2-4-7-18)20-9-12-25-19(14-20)8-5-13-32-25/h2-4,6-7,9-12,14,16-17,27-28H,5,8,13,15H2,1H3,(H,29,30). The number of hydrogen-bond donors (Lipinski definition) is 2. The maximum absolute atomic E-state index is 13.2. The molecule has 3 aromatic carbocycles. The van der Waals surface area contributed by atoms with Crippen LogP contribution < -0.4 is 14.8 Å². The summed E-state index contributed by atoms with van der Waals surface area (Å²) in [7, 11) is 1.65. The minimum absolute atomic E-state index is 0.0310. The fourth-order valence-electron chi connectivity index (χ4n) is 4.38. The summed E-state index contributed by atoms with van der Waals surface area (Å²) in [6.45, 7) is 0.764. The van der Waals surface area contributed by atoms with E-state index >= 15 is 0 Å². The predicted molar refractivity (Wildman–Crippen MR) is 125 cm³/mol. The number of ether oxygens (including phenoxy) is 2. The number of nitrogens with one attached hydrogen (secondary N) is 2. The number of carbonyl (C=O) groups excluding carboxylic acids is 1. The maximum atomic E-state index is 13.2. The molecule has 0 bridgehead atoms. The lowest BCUT2D eigenvalue weighted by atomic mass is 9.94. The van der Waals surface area contributed by atoms with Gasteiger partial charge in [0.05, 0.1) is 26.2 Å². The molecule has 0 fully saturated rings. The second kappa shape index (κ2) is 8.79. The Balaban J connectivity index is 1.42. The van der Waals surface area contributed by atoms with Gasteiger partial charge in [-0.05, 0) is 65.4 Å². The van der Waals surface area contributed by atoms with Crippen LogP contribution in [0.1, 0.15) is 34.7 Å². The van der Waals surface area contributed by atoms with Crippen LogP contribution in [-0.4, -0.2) is 24.6 Å². The normalized spacial score (nSPS) is 13.8. The number of aromatic nitrogens is 1. The summed E-state index contributed by atoms with van der Waals surface area (Å²) in [6, 6.07) is 22.0. The molecular weight excluding hydrogens is 400 g/mol. The van der Waals surface area contributed by atoms with Crippen molar-refractivity contribution in [3.8, 4) is 11.5 Å². The van der Waals surface area contributed by atoms with E-state index in [1.54, 1.807) is 7.11 Å². The van der Waals surface area contributed by atoms with Crippen LogP contribution >= 0.6 is 0 Å². The Hall–Kier alpha value is -3.73. The van der Waals surface area contributed by atoms with E-state index < -0.39 is 0 Å². The van der Waals surface area contributed by atoms with E-state index in [0.29, 0.717) is 0 Å². The molecule has 162 valence electrons. The highest BCUT2D eigenvalue weighted by molar-refractivity contribution is 5.90. The van der Waals surface area contributed by atoms with Gasteiger partial charge in [-0.1, -0.05) is 36.4 Å². The van der Waals surface area contributed by atoms with Crippen molar-refractivity contribution in [3.05, 3.63) is 95.2 Å². The zero-order chi connectivity index (χ0) is 21.9. The molecule has 2 N–H and O–H groups in total. The third-order valence-corrected chi connectivity index (χ3v) is 6.03. The Bertz CT molecular complexity index is 1250. The molecule has 0 spiro atoms.